The van der Waals surface area contributed by atoms with Crippen LogP contribution in [-0.2, 0) is 16.6 Å². The normalized spacial score (nSPS) is 18.4. The zero-order valence-corrected chi connectivity index (χ0v) is 12.3. The Bertz CT molecular complexity index is 522. The molecule has 0 atom stereocenters. The van der Waals surface area contributed by atoms with Gasteiger partial charge in [0.05, 0.1) is 0 Å². The van der Waals surface area contributed by atoms with E-state index in [9.17, 15) is 8.42 Å². The number of hydrogen-bond donors (Lipinski definition) is 1. The van der Waals surface area contributed by atoms with Crippen LogP contribution in [0.25, 0.3) is 0 Å². The molecule has 1 aromatic heterocycles. The molecule has 6 heteroatoms. The smallest absolute Gasteiger partial charge is 0.254 e. The van der Waals surface area contributed by atoms with Gasteiger partial charge in [0.25, 0.3) is 0 Å². The van der Waals surface area contributed by atoms with Gasteiger partial charge in [-0.15, -0.1) is 0 Å². The topological polar surface area (TPSA) is 62.3 Å². The quantitative estimate of drug-likeness (QED) is 0.919. The molecule has 1 aliphatic rings. The van der Waals surface area contributed by atoms with E-state index in [2.05, 4.69) is 16.6 Å². The lowest BCUT2D eigenvalue weighted by molar-refractivity contribution is 0.289. The molecule has 1 fully saturated rings. The summed E-state index contributed by atoms with van der Waals surface area (Å²) in [6, 6.07) is 5.39. The summed E-state index contributed by atoms with van der Waals surface area (Å²) in [7, 11) is -3.46. The van der Waals surface area contributed by atoms with Crippen LogP contribution in [-0.4, -0.2) is 30.8 Å². The van der Waals surface area contributed by atoms with Crippen LogP contribution < -0.4 is 4.72 Å². The van der Waals surface area contributed by atoms with Gasteiger partial charge in [-0.2, -0.15) is 12.7 Å². The van der Waals surface area contributed by atoms with E-state index in [1.807, 2.05) is 19.1 Å². The minimum Gasteiger partial charge on any atom is -0.254 e. The van der Waals surface area contributed by atoms with Gasteiger partial charge in [0, 0.05) is 18.8 Å². The molecule has 0 radical (unpaired) electrons. The first-order valence-electron chi connectivity index (χ1n) is 6.75. The largest absolute Gasteiger partial charge is 0.302 e. The van der Waals surface area contributed by atoms with Crippen LogP contribution >= 0.6 is 0 Å². The highest BCUT2D eigenvalue weighted by Crippen LogP contribution is 2.19. The van der Waals surface area contributed by atoms with Gasteiger partial charge < -0.3 is 0 Å². The number of hydrogen-bond acceptors (Lipinski definition) is 3. The summed E-state index contributed by atoms with van der Waals surface area (Å²) >= 11 is 0. The fraction of sp³-hybridized carbons (Fsp3) is 0.615. The highest BCUT2D eigenvalue weighted by molar-refractivity contribution is 7.90. The van der Waals surface area contributed by atoms with E-state index >= 15 is 0 Å². The molecular weight excluding hydrogens is 262 g/mol. The molecule has 5 nitrogen and oxygen atoms in total. The third-order valence-electron chi connectivity index (χ3n) is 3.49. The van der Waals surface area contributed by atoms with Crippen LogP contribution in [0.15, 0.2) is 18.2 Å². The zero-order valence-electron chi connectivity index (χ0n) is 11.5. The number of nitrogens with zero attached hydrogens (tertiary/aromatic N) is 2. The Morgan fingerprint density at radius 2 is 2.05 bits per heavy atom. The lowest BCUT2D eigenvalue weighted by Crippen LogP contribution is -2.41. The second-order valence-electron chi connectivity index (χ2n) is 5.06. The van der Waals surface area contributed by atoms with E-state index < -0.39 is 10.2 Å². The molecule has 1 aromatic rings. The SMILES string of the molecule is CCc1cccc(NS(=O)(=O)N2CCC(C)CC2)n1. The first-order chi connectivity index (χ1) is 9.01. The van der Waals surface area contributed by atoms with Crippen LogP contribution in [0.2, 0.25) is 0 Å². The Morgan fingerprint density at radius 3 is 2.68 bits per heavy atom. The van der Waals surface area contributed by atoms with E-state index in [1.54, 1.807) is 6.07 Å². The molecule has 0 aliphatic carbocycles. The summed E-state index contributed by atoms with van der Waals surface area (Å²) in [5, 5.41) is 0. The number of pyridine rings is 1. The van der Waals surface area contributed by atoms with Crippen LogP contribution in [0.1, 0.15) is 32.4 Å². The first kappa shape index (κ1) is 14.3. The van der Waals surface area contributed by atoms with Crippen molar-refractivity contribution >= 4 is 16.0 Å². The van der Waals surface area contributed by atoms with Gasteiger partial charge in [-0.1, -0.05) is 19.9 Å². The molecule has 0 aromatic carbocycles. The van der Waals surface area contributed by atoms with Gasteiger partial charge in [-0.05, 0) is 37.3 Å². The number of piperidine rings is 1. The van der Waals surface area contributed by atoms with Gasteiger partial charge >= 0.3 is 10.2 Å². The number of rotatable bonds is 4. The Labute approximate surface area is 115 Å². The van der Waals surface area contributed by atoms with Crippen molar-refractivity contribution < 1.29 is 8.42 Å². The molecular formula is C13H21N3O2S. The Balaban J connectivity index is 2.08. The average Bonchev–Trinajstić information content (AvgIpc) is 2.39. The number of anilines is 1. The minimum absolute atomic E-state index is 0.401. The van der Waals surface area contributed by atoms with E-state index in [0.29, 0.717) is 24.8 Å². The van der Waals surface area contributed by atoms with Gasteiger partial charge in [-0.3, -0.25) is 4.72 Å². The maximum absolute atomic E-state index is 12.2. The molecule has 0 saturated carbocycles. The Hall–Kier alpha value is -1.14. The van der Waals surface area contributed by atoms with Gasteiger partial charge in [-0.25, -0.2) is 4.98 Å². The summed E-state index contributed by atoms with van der Waals surface area (Å²) in [5.74, 6) is 1.01. The average molecular weight is 283 g/mol. The maximum atomic E-state index is 12.2. The second-order valence-corrected chi connectivity index (χ2v) is 6.73. The van der Waals surface area contributed by atoms with Gasteiger partial charge in [0.1, 0.15) is 5.82 Å². The van der Waals surface area contributed by atoms with Crippen LogP contribution in [0, 0.1) is 5.92 Å². The van der Waals surface area contributed by atoms with Crippen molar-refractivity contribution in [2.45, 2.75) is 33.1 Å². The van der Waals surface area contributed by atoms with Crippen molar-refractivity contribution in [3.05, 3.63) is 23.9 Å². The molecule has 1 N–H and O–H groups in total. The summed E-state index contributed by atoms with van der Waals surface area (Å²) < 4.78 is 28.5. The maximum Gasteiger partial charge on any atom is 0.302 e. The predicted octanol–water partition coefficient (Wildman–Crippen LogP) is 2.03. The standard InChI is InChI=1S/C13H21N3O2S/c1-3-12-5-4-6-13(14-12)15-19(17,18)16-9-7-11(2)8-10-16/h4-6,11H,3,7-10H2,1-2H3,(H,14,15). The van der Waals surface area contributed by atoms with Crippen molar-refractivity contribution in [2.75, 3.05) is 17.8 Å². The molecule has 2 rings (SSSR count). The van der Waals surface area contributed by atoms with Gasteiger partial charge in [0.15, 0.2) is 0 Å². The van der Waals surface area contributed by atoms with Crippen molar-refractivity contribution in [1.29, 1.82) is 0 Å². The van der Waals surface area contributed by atoms with Gasteiger partial charge in [0.2, 0.25) is 0 Å². The third kappa shape index (κ3) is 3.67. The lowest BCUT2D eigenvalue weighted by Gasteiger charge is -2.29. The van der Waals surface area contributed by atoms with Crippen molar-refractivity contribution in [2.24, 2.45) is 5.92 Å². The highest BCUT2D eigenvalue weighted by Gasteiger charge is 2.26. The van der Waals surface area contributed by atoms with E-state index in [0.717, 1.165) is 25.0 Å². The van der Waals surface area contributed by atoms with E-state index in [4.69, 9.17) is 0 Å². The third-order valence-corrected chi connectivity index (χ3v) is 5.00. The minimum atomic E-state index is -3.46. The molecule has 1 aliphatic heterocycles. The zero-order chi connectivity index (χ0) is 13.9. The van der Waals surface area contributed by atoms with Crippen molar-refractivity contribution in [3.63, 3.8) is 0 Å². The molecule has 19 heavy (non-hydrogen) atoms. The fourth-order valence-corrected chi connectivity index (χ4v) is 3.35. The molecule has 0 bridgehead atoms. The lowest BCUT2D eigenvalue weighted by atomic mass is 10.0. The van der Waals surface area contributed by atoms with Crippen molar-refractivity contribution in [3.8, 4) is 0 Å². The molecule has 0 spiro atoms. The highest BCUT2D eigenvalue weighted by atomic mass is 32.2. The number of aromatic nitrogens is 1. The Morgan fingerprint density at radius 1 is 1.37 bits per heavy atom. The van der Waals surface area contributed by atoms with Crippen LogP contribution in [0.4, 0.5) is 5.82 Å². The predicted molar refractivity (Wildman–Crippen MR) is 76.1 cm³/mol. The summed E-state index contributed by atoms with van der Waals surface area (Å²) in [6.07, 6.45) is 2.63. The summed E-state index contributed by atoms with van der Waals surface area (Å²) in [6.45, 7) is 5.32. The summed E-state index contributed by atoms with van der Waals surface area (Å²) in [4.78, 5) is 4.27. The second kappa shape index (κ2) is 5.88. The van der Waals surface area contributed by atoms with Crippen LogP contribution in [0.5, 0.6) is 0 Å². The number of aryl methyl sites for hydroxylation is 1. The van der Waals surface area contributed by atoms with Crippen molar-refractivity contribution in [1.82, 2.24) is 9.29 Å². The molecule has 1 saturated heterocycles. The number of nitrogens with one attached hydrogen (secondary N) is 1. The monoisotopic (exact) mass is 283 g/mol. The van der Waals surface area contributed by atoms with E-state index in [-0.39, 0.29) is 0 Å². The molecule has 0 amide bonds. The van der Waals surface area contributed by atoms with Crippen LogP contribution in [0.3, 0.4) is 0 Å². The first-order valence-corrected chi connectivity index (χ1v) is 8.19. The molecule has 2 heterocycles. The van der Waals surface area contributed by atoms with E-state index in [1.165, 1.54) is 4.31 Å². The summed E-state index contributed by atoms with van der Waals surface area (Å²) in [5.41, 5.74) is 0.882. The fourth-order valence-electron chi connectivity index (χ4n) is 2.16. The molecule has 106 valence electrons. The Kier molecular flexibility index (Phi) is 4.42. The molecule has 0 unspecified atom stereocenters.